The van der Waals surface area contributed by atoms with Crippen LogP contribution in [0.2, 0.25) is 0 Å². The van der Waals surface area contributed by atoms with Gasteiger partial charge in [-0.1, -0.05) is 0 Å². The van der Waals surface area contributed by atoms with Crippen LogP contribution in [0.15, 0.2) is 0 Å². The molecular formula is C8H16O3. The van der Waals surface area contributed by atoms with Gasteiger partial charge in [0.15, 0.2) is 0 Å². The highest BCUT2D eigenvalue weighted by Gasteiger charge is 2.22. The summed E-state index contributed by atoms with van der Waals surface area (Å²) in [7, 11) is 0. The van der Waals surface area contributed by atoms with Crippen molar-refractivity contribution in [1.29, 1.82) is 0 Å². The van der Waals surface area contributed by atoms with Crippen LogP contribution in [0.1, 0.15) is 27.2 Å². The molecule has 0 heterocycles. The largest absolute Gasteiger partial charge is 0.465 e. The van der Waals surface area contributed by atoms with Crippen LogP contribution in [0.25, 0.3) is 0 Å². The zero-order valence-electron chi connectivity index (χ0n) is 7.39. The predicted octanol–water partition coefficient (Wildman–Crippen LogP) is 0.958. The van der Waals surface area contributed by atoms with Crippen molar-refractivity contribution in [3.63, 3.8) is 0 Å². The van der Waals surface area contributed by atoms with Gasteiger partial charge in [-0.25, -0.2) is 0 Å². The Bertz CT molecular complexity index is 124. The van der Waals surface area contributed by atoms with Gasteiger partial charge in [0.25, 0.3) is 0 Å². The minimum Gasteiger partial charge on any atom is -0.465 e. The molecule has 0 saturated heterocycles. The van der Waals surface area contributed by atoms with Crippen molar-refractivity contribution in [2.75, 3.05) is 13.2 Å². The van der Waals surface area contributed by atoms with Gasteiger partial charge in [0.2, 0.25) is 0 Å². The summed E-state index contributed by atoms with van der Waals surface area (Å²) < 4.78 is 4.85. The van der Waals surface area contributed by atoms with Crippen molar-refractivity contribution in [3.8, 4) is 0 Å². The van der Waals surface area contributed by atoms with Gasteiger partial charge in [-0.3, -0.25) is 4.79 Å². The topological polar surface area (TPSA) is 46.5 Å². The van der Waals surface area contributed by atoms with Crippen molar-refractivity contribution < 1.29 is 14.6 Å². The second kappa shape index (κ2) is 4.34. The Morgan fingerprint density at radius 2 is 2.00 bits per heavy atom. The van der Waals surface area contributed by atoms with E-state index in [1.807, 2.05) is 0 Å². The second-order valence-corrected chi connectivity index (χ2v) is 3.46. The first-order valence-electron chi connectivity index (χ1n) is 3.76. The molecule has 66 valence electrons. The first-order valence-corrected chi connectivity index (χ1v) is 3.76. The molecule has 0 aliphatic carbocycles. The van der Waals surface area contributed by atoms with E-state index in [4.69, 9.17) is 9.84 Å². The number of esters is 1. The lowest BCUT2D eigenvalue weighted by Gasteiger charge is -2.15. The Balaban J connectivity index is 3.54. The van der Waals surface area contributed by atoms with Crippen molar-refractivity contribution >= 4 is 5.97 Å². The molecule has 0 amide bonds. The summed E-state index contributed by atoms with van der Waals surface area (Å²) in [5.74, 6) is -0.217. The van der Waals surface area contributed by atoms with E-state index in [0.29, 0.717) is 13.0 Å². The molecule has 0 radical (unpaired) electrons. The van der Waals surface area contributed by atoms with Crippen molar-refractivity contribution in [3.05, 3.63) is 0 Å². The van der Waals surface area contributed by atoms with E-state index in [1.165, 1.54) is 0 Å². The summed E-state index contributed by atoms with van der Waals surface area (Å²) in [5.41, 5.74) is -0.435. The van der Waals surface area contributed by atoms with Gasteiger partial charge in [-0.2, -0.15) is 0 Å². The second-order valence-electron chi connectivity index (χ2n) is 3.46. The maximum absolute atomic E-state index is 11.0. The molecular weight excluding hydrogens is 144 g/mol. The number of carbonyl (C=O) groups is 1. The fourth-order valence-corrected chi connectivity index (χ4v) is 0.446. The van der Waals surface area contributed by atoms with Crippen molar-refractivity contribution in [2.24, 2.45) is 5.41 Å². The Morgan fingerprint density at radius 3 is 2.36 bits per heavy atom. The van der Waals surface area contributed by atoms with Gasteiger partial charge in [-0.15, -0.1) is 0 Å². The number of rotatable bonds is 3. The maximum atomic E-state index is 11.0. The molecule has 0 rings (SSSR count). The van der Waals surface area contributed by atoms with Gasteiger partial charge in [0.1, 0.15) is 0 Å². The fraction of sp³-hybridized carbons (Fsp3) is 0.875. The predicted molar refractivity (Wildman–Crippen MR) is 42.1 cm³/mol. The third-order valence-electron chi connectivity index (χ3n) is 1.15. The molecule has 0 bridgehead atoms. The lowest BCUT2D eigenvalue weighted by Crippen LogP contribution is -2.23. The molecule has 0 unspecified atom stereocenters. The lowest BCUT2D eigenvalue weighted by molar-refractivity contribution is -0.153. The van der Waals surface area contributed by atoms with Gasteiger partial charge in [0, 0.05) is 13.0 Å². The standard InChI is InChI=1S/C8H16O3/c1-8(2,3)7(10)11-6-4-5-9/h9H,4-6H2,1-3H3. The maximum Gasteiger partial charge on any atom is 0.311 e. The average Bonchev–Trinajstić information content (AvgIpc) is 1.86. The first-order chi connectivity index (χ1) is 4.98. The quantitative estimate of drug-likeness (QED) is 0.494. The molecule has 0 aromatic carbocycles. The molecule has 3 nitrogen and oxygen atoms in total. The monoisotopic (exact) mass is 160 g/mol. The number of carbonyl (C=O) groups excluding carboxylic acids is 1. The van der Waals surface area contributed by atoms with Crippen molar-refractivity contribution in [1.82, 2.24) is 0 Å². The summed E-state index contributed by atoms with van der Waals surface area (Å²) in [4.78, 5) is 11.0. The summed E-state index contributed by atoms with van der Waals surface area (Å²) in [6.07, 6.45) is 0.516. The highest BCUT2D eigenvalue weighted by Crippen LogP contribution is 2.14. The number of hydrogen-bond donors (Lipinski definition) is 1. The zero-order chi connectivity index (χ0) is 8.91. The van der Waals surface area contributed by atoms with Crippen LogP contribution in [0.5, 0.6) is 0 Å². The van der Waals surface area contributed by atoms with Crippen LogP contribution in [-0.2, 0) is 9.53 Å². The van der Waals surface area contributed by atoms with Crippen LogP contribution < -0.4 is 0 Å². The van der Waals surface area contributed by atoms with E-state index < -0.39 is 5.41 Å². The number of aliphatic hydroxyl groups excluding tert-OH is 1. The molecule has 0 fully saturated rings. The first kappa shape index (κ1) is 10.4. The van der Waals surface area contributed by atoms with Crippen LogP contribution in [0.4, 0.5) is 0 Å². The average molecular weight is 160 g/mol. The number of aliphatic hydroxyl groups is 1. The molecule has 0 spiro atoms. The van der Waals surface area contributed by atoms with E-state index in [9.17, 15) is 4.79 Å². The van der Waals surface area contributed by atoms with Crippen LogP contribution in [-0.4, -0.2) is 24.3 Å². The van der Waals surface area contributed by atoms with Gasteiger partial charge in [0.05, 0.1) is 12.0 Å². The molecule has 0 saturated carbocycles. The third kappa shape index (κ3) is 4.79. The normalized spacial score (nSPS) is 11.3. The minimum atomic E-state index is -0.435. The smallest absolute Gasteiger partial charge is 0.311 e. The summed E-state index contributed by atoms with van der Waals surface area (Å²) >= 11 is 0. The summed E-state index contributed by atoms with van der Waals surface area (Å²) in [6, 6.07) is 0. The minimum absolute atomic E-state index is 0.0669. The van der Waals surface area contributed by atoms with Gasteiger partial charge >= 0.3 is 5.97 Å². The Hall–Kier alpha value is -0.570. The molecule has 0 atom stereocenters. The molecule has 0 aromatic rings. The molecule has 11 heavy (non-hydrogen) atoms. The van der Waals surface area contributed by atoms with E-state index in [-0.39, 0.29) is 12.6 Å². The Labute approximate surface area is 67.4 Å². The van der Waals surface area contributed by atoms with Gasteiger partial charge in [-0.05, 0) is 20.8 Å². The molecule has 0 aliphatic rings. The molecule has 0 aliphatic heterocycles. The Kier molecular flexibility index (Phi) is 4.11. The van der Waals surface area contributed by atoms with E-state index in [1.54, 1.807) is 20.8 Å². The lowest BCUT2D eigenvalue weighted by atomic mass is 9.97. The summed E-state index contributed by atoms with van der Waals surface area (Å²) in [5, 5.41) is 8.39. The van der Waals surface area contributed by atoms with Gasteiger partial charge < -0.3 is 9.84 Å². The summed E-state index contributed by atoms with van der Waals surface area (Å²) in [6.45, 7) is 5.78. The van der Waals surface area contributed by atoms with Crippen LogP contribution in [0, 0.1) is 5.41 Å². The van der Waals surface area contributed by atoms with E-state index >= 15 is 0 Å². The molecule has 0 aromatic heterocycles. The van der Waals surface area contributed by atoms with E-state index in [0.717, 1.165) is 0 Å². The Morgan fingerprint density at radius 1 is 1.45 bits per heavy atom. The number of ether oxygens (including phenoxy) is 1. The third-order valence-corrected chi connectivity index (χ3v) is 1.15. The molecule has 1 N–H and O–H groups in total. The molecule has 3 heteroatoms. The number of hydrogen-bond acceptors (Lipinski definition) is 3. The van der Waals surface area contributed by atoms with Crippen LogP contribution >= 0.6 is 0 Å². The highest BCUT2D eigenvalue weighted by molar-refractivity contribution is 5.75. The highest BCUT2D eigenvalue weighted by atomic mass is 16.5. The van der Waals surface area contributed by atoms with E-state index in [2.05, 4.69) is 0 Å². The fourth-order valence-electron chi connectivity index (χ4n) is 0.446. The van der Waals surface area contributed by atoms with Crippen molar-refractivity contribution in [2.45, 2.75) is 27.2 Å². The van der Waals surface area contributed by atoms with Crippen LogP contribution in [0.3, 0.4) is 0 Å². The SMILES string of the molecule is CC(C)(C)C(=O)OCCCO. The zero-order valence-corrected chi connectivity index (χ0v) is 7.39.